The molecule has 0 spiro atoms. The number of nitrogens with one attached hydrogen (secondary N) is 2. The monoisotopic (exact) mass is 257 g/mol. The van der Waals surface area contributed by atoms with Gasteiger partial charge in [-0.3, -0.25) is 4.68 Å². The molecule has 0 aromatic carbocycles. The van der Waals surface area contributed by atoms with E-state index in [1.54, 1.807) is 7.05 Å². The smallest absolute Gasteiger partial charge is 0.326 e. The lowest BCUT2D eigenvalue weighted by atomic mass is 10.2. The van der Waals surface area contributed by atoms with Crippen molar-refractivity contribution < 1.29 is 19.8 Å². The molecule has 1 aromatic rings. The van der Waals surface area contributed by atoms with Crippen molar-refractivity contribution in [1.29, 1.82) is 0 Å². The van der Waals surface area contributed by atoms with Gasteiger partial charge >= 0.3 is 12.0 Å². The fraction of sp³-hybridized carbons (Fsp3) is 0.556. The minimum atomic E-state index is -1.20. The van der Waals surface area contributed by atoms with Gasteiger partial charge in [0.1, 0.15) is 12.4 Å². The molecule has 1 rings (SSSR count). The third-order valence-corrected chi connectivity index (χ3v) is 2.08. The van der Waals surface area contributed by atoms with Gasteiger partial charge in [-0.2, -0.15) is 5.10 Å². The Bertz CT molecular complexity index is 419. The van der Waals surface area contributed by atoms with Crippen molar-refractivity contribution >= 4 is 12.0 Å². The lowest BCUT2D eigenvalue weighted by Crippen LogP contribution is -2.46. The summed E-state index contributed by atoms with van der Waals surface area (Å²) in [6.45, 7) is -0.225. The fourth-order valence-corrected chi connectivity index (χ4v) is 1.22. The van der Waals surface area contributed by atoms with Gasteiger partial charge in [-0.05, 0) is 0 Å². The van der Waals surface area contributed by atoms with E-state index in [9.17, 15) is 9.59 Å². The molecule has 0 aliphatic carbocycles. The number of carboxylic acids is 1. The van der Waals surface area contributed by atoms with Crippen LogP contribution in [0.2, 0.25) is 0 Å². The first kappa shape index (κ1) is 13.9. The predicted molar refractivity (Wildman–Crippen MR) is 59.5 cm³/mol. The van der Waals surface area contributed by atoms with Gasteiger partial charge < -0.3 is 20.8 Å². The Labute approximate surface area is 103 Å². The number of carbonyl (C=O) groups excluding carboxylic acids is 1. The molecule has 0 unspecified atom stereocenters. The number of aliphatic hydroxyl groups is 1. The summed E-state index contributed by atoms with van der Waals surface area (Å²) in [5, 5.41) is 26.0. The van der Waals surface area contributed by atoms with Gasteiger partial charge in [0, 0.05) is 20.1 Å². The molecule has 4 N–H and O–H groups in total. The number of aryl methyl sites for hydroxylation is 1. The third-order valence-electron chi connectivity index (χ3n) is 2.08. The van der Waals surface area contributed by atoms with Crippen molar-refractivity contribution in [2.45, 2.75) is 19.0 Å². The SMILES string of the molecule is Cn1cnc(CNC(=O)N[C@H](CCO)C(=O)O)n1. The standard InChI is InChI=1S/C9H15N5O4/c1-14-5-11-7(13-14)4-10-9(18)12-6(2-3-15)8(16)17/h5-6,15H,2-4H2,1H3,(H,16,17)(H2,10,12,18)/t6-/m1/s1. The van der Waals surface area contributed by atoms with Crippen molar-refractivity contribution in [2.75, 3.05) is 6.61 Å². The van der Waals surface area contributed by atoms with Crippen LogP contribution < -0.4 is 10.6 Å². The molecule has 9 heteroatoms. The van der Waals surface area contributed by atoms with E-state index in [0.717, 1.165) is 0 Å². The first-order chi connectivity index (χ1) is 8.52. The number of hydrogen-bond acceptors (Lipinski definition) is 5. The lowest BCUT2D eigenvalue weighted by molar-refractivity contribution is -0.139. The topological polar surface area (TPSA) is 129 Å². The van der Waals surface area contributed by atoms with Crippen LogP contribution in [0.3, 0.4) is 0 Å². The lowest BCUT2D eigenvalue weighted by Gasteiger charge is -2.13. The number of carboxylic acid groups (broad SMARTS) is 1. The Morgan fingerprint density at radius 1 is 1.56 bits per heavy atom. The van der Waals surface area contributed by atoms with Gasteiger partial charge in [0.25, 0.3) is 0 Å². The highest BCUT2D eigenvalue weighted by molar-refractivity contribution is 5.82. The molecule has 0 fully saturated rings. The summed E-state index contributed by atoms with van der Waals surface area (Å²) in [7, 11) is 1.69. The Kier molecular flexibility index (Phi) is 5.06. The van der Waals surface area contributed by atoms with Crippen molar-refractivity contribution in [3.63, 3.8) is 0 Å². The number of urea groups is 1. The van der Waals surface area contributed by atoms with E-state index in [0.29, 0.717) is 5.82 Å². The largest absolute Gasteiger partial charge is 0.480 e. The van der Waals surface area contributed by atoms with Crippen LogP contribution in [0.4, 0.5) is 4.79 Å². The maximum absolute atomic E-state index is 11.4. The first-order valence-corrected chi connectivity index (χ1v) is 5.25. The summed E-state index contributed by atoms with van der Waals surface area (Å²) in [6.07, 6.45) is 1.44. The zero-order valence-corrected chi connectivity index (χ0v) is 9.83. The molecule has 0 saturated heterocycles. The second-order valence-electron chi connectivity index (χ2n) is 3.56. The summed E-state index contributed by atoms with van der Waals surface area (Å²) in [4.78, 5) is 26.0. The average molecular weight is 257 g/mol. The van der Waals surface area contributed by atoms with E-state index in [4.69, 9.17) is 10.2 Å². The summed E-state index contributed by atoms with van der Waals surface area (Å²) in [5.41, 5.74) is 0. The summed E-state index contributed by atoms with van der Waals surface area (Å²) < 4.78 is 1.49. The van der Waals surface area contributed by atoms with Gasteiger partial charge in [0.2, 0.25) is 0 Å². The van der Waals surface area contributed by atoms with Gasteiger partial charge in [0.05, 0.1) is 6.54 Å². The Balaban J connectivity index is 2.38. The second-order valence-corrected chi connectivity index (χ2v) is 3.56. The molecule has 9 nitrogen and oxygen atoms in total. The predicted octanol–water partition coefficient (Wildman–Crippen LogP) is -1.55. The van der Waals surface area contributed by atoms with Crippen LogP contribution >= 0.6 is 0 Å². The van der Waals surface area contributed by atoms with Crippen molar-refractivity contribution in [2.24, 2.45) is 7.05 Å². The average Bonchev–Trinajstić information content (AvgIpc) is 2.72. The normalized spacial score (nSPS) is 11.9. The van der Waals surface area contributed by atoms with Gasteiger partial charge in [-0.25, -0.2) is 14.6 Å². The molecule has 1 aromatic heterocycles. The van der Waals surface area contributed by atoms with E-state index < -0.39 is 18.0 Å². The van der Waals surface area contributed by atoms with Gasteiger partial charge in [-0.1, -0.05) is 0 Å². The molecule has 0 aliphatic heterocycles. The fourth-order valence-electron chi connectivity index (χ4n) is 1.22. The highest BCUT2D eigenvalue weighted by Gasteiger charge is 2.18. The summed E-state index contributed by atoms with van der Waals surface area (Å²) in [6, 6.07) is -1.77. The van der Waals surface area contributed by atoms with Crippen LogP contribution in [0.15, 0.2) is 6.33 Å². The molecular formula is C9H15N5O4. The number of hydrogen-bond donors (Lipinski definition) is 4. The van der Waals surface area contributed by atoms with Crippen LogP contribution in [0.1, 0.15) is 12.2 Å². The zero-order valence-electron chi connectivity index (χ0n) is 9.83. The Morgan fingerprint density at radius 2 is 2.28 bits per heavy atom. The molecule has 1 heterocycles. The third kappa shape index (κ3) is 4.37. The molecule has 0 radical (unpaired) electrons. The quantitative estimate of drug-likeness (QED) is 0.488. The van der Waals surface area contributed by atoms with Crippen LogP contribution in [-0.2, 0) is 18.4 Å². The number of nitrogens with zero attached hydrogens (tertiary/aromatic N) is 3. The molecule has 2 amide bonds. The summed E-state index contributed by atoms with van der Waals surface area (Å²) in [5.74, 6) is -0.781. The zero-order chi connectivity index (χ0) is 13.5. The molecule has 1 atom stereocenters. The number of aliphatic carboxylic acids is 1. The first-order valence-electron chi connectivity index (χ1n) is 5.25. The number of amides is 2. The Hall–Kier alpha value is -2.16. The number of aliphatic hydroxyl groups excluding tert-OH is 1. The maximum atomic E-state index is 11.4. The van der Waals surface area contributed by atoms with E-state index in [1.807, 2.05) is 0 Å². The molecule has 0 bridgehead atoms. The molecule has 0 saturated carbocycles. The van der Waals surface area contributed by atoms with Crippen molar-refractivity contribution in [3.8, 4) is 0 Å². The van der Waals surface area contributed by atoms with E-state index in [-0.39, 0.29) is 19.6 Å². The van der Waals surface area contributed by atoms with Gasteiger partial charge in [0.15, 0.2) is 5.82 Å². The van der Waals surface area contributed by atoms with Crippen LogP contribution in [0.25, 0.3) is 0 Å². The minimum Gasteiger partial charge on any atom is -0.480 e. The van der Waals surface area contributed by atoms with E-state index >= 15 is 0 Å². The number of rotatable bonds is 6. The molecule has 100 valence electrons. The number of carbonyl (C=O) groups is 2. The molecule has 0 aliphatic rings. The molecular weight excluding hydrogens is 242 g/mol. The maximum Gasteiger partial charge on any atom is 0.326 e. The number of aromatic nitrogens is 3. The highest BCUT2D eigenvalue weighted by atomic mass is 16.4. The minimum absolute atomic E-state index is 0.0510. The summed E-state index contributed by atoms with van der Waals surface area (Å²) >= 11 is 0. The Morgan fingerprint density at radius 3 is 2.78 bits per heavy atom. The van der Waals surface area contributed by atoms with Crippen LogP contribution in [-0.4, -0.2) is 49.6 Å². The second kappa shape index (κ2) is 6.55. The van der Waals surface area contributed by atoms with E-state index in [1.165, 1.54) is 11.0 Å². The van der Waals surface area contributed by atoms with E-state index in [2.05, 4.69) is 20.7 Å². The van der Waals surface area contributed by atoms with Crippen molar-refractivity contribution in [1.82, 2.24) is 25.4 Å². The van der Waals surface area contributed by atoms with Crippen LogP contribution in [0, 0.1) is 0 Å². The van der Waals surface area contributed by atoms with Crippen molar-refractivity contribution in [3.05, 3.63) is 12.2 Å². The highest BCUT2D eigenvalue weighted by Crippen LogP contribution is 1.92. The molecule has 18 heavy (non-hydrogen) atoms. The van der Waals surface area contributed by atoms with Crippen LogP contribution in [0.5, 0.6) is 0 Å². The van der Waals surface area contributed by atoms with Gasteiger partial charge in [-0.15, -0.1) is 0 Å².